The molecule has 2 heterocycles. The summed E-state index contributed by atoms with van der Waals surface area (Å²) in [6.07, 6.45) is 3.78. The number of aliphatic carboxylic acids is 1. The van der Waals surface area contributed by atoms with Crippen LogP contribution in [-0.2, 0) is 41.3 Å². The molecule has 0 spiro atoms. The van der Waals surface area contributed by atoms with Crippen LogP contribution in [0.25, 0.3) is 22.3 Å². The van der Waals surface area contributed by atoms with Crippen LogP contribution in [0, 0.1) is 27.7 Å². The number of hydrogen-bond donors (Lipinski definition) is 3. The summed E-state index contributed by atoms with van der Waals surface area (Å²) < 4.78 is 7.94. The Balaban J connectivity index is 0.000000335. The minimum absolute atomic E-state index is 0. The number of carboxylic acid groups (broad SMARTS) is 1. The molecule has 0 saturated heterocycles. The van der Waals surface area contributed by atoms with E-state index in [9.17, 15) is 33.9 Å². The highest BCUT2D eigenvalue weighted by molar-refractivity contribution is 6.34. The molecule has 6 aromatic rings. The predicted octanol–water partition coefficient (Wildman–Crippen LogP) is 8.86. The summed E-state index contributed by atoms with van der Waals surface area (Å²) in [7, 11) is 4.68. The Bertz CT molecular complexity index is 2760. The summed E-state index contributed by atoms with van der Waals surface area (Å²) in [6.45, 7) is 7.29. The monoisotopic (exact) mass is 922 g/mol. The lowest BCUT2D eigenvalue weighted by Crippen LogP contribution is -2.43. The third-order valence-corrected chi connectivity index (χ3v) is 11.2. The van der Waals surface area contributed by atoms with Gasteiger partial charge in [-0.2, -0.15) is 0 Å². The van der Waals surface area contributed by atoms with E-state index in [0.717, 1.165) is 33.4 Å². The normalized spacial score (nSPS) is 11.3. The maximum atomic E-state index is 12.8. The second kappa shape index (κ2) is 23.3. The number of amides is 2. The molecule has 2 amide bonds. The van der Waals surface area contributed by atoms with Gasteiger partial charge in [-0.15, -0.1) is 0 Å². The molecule has 3 N–H and O–H groups in total. The van der Waals surface area contributed by atoms with E-state index < -0.39 is 35.8 Å². The second-order valence-electron chi connectivity index (χ2n) is 15.2. The van der Waals surface area contributed by atoms with Crippen LogP contribution in [0.15, 0.2) is 119 Å². The van der Waals surface area contributed by atoms with Crippen LogP contribution in [0.3, 0.4) is 0 Å². The Labute approximate surface area is 389 Å². The molecule has 6 rings (SSSR count). The first-order valence-corrected chi connectivity index (χ1v) is 20.6. The SMILES string of the molecule is C.C.COC(=O)C(Cc1ccc(-c2c(C)ccn(C)c2=O)cc1)NC(=O)c1c(C)cccc1Cl.Cc1cccc(Cl)c1C(=O)NC(Cc1ccc(-c2c(C)ccn(C)c2=O)cc1)C(=O)O. The highest BCUT2D eigenvalue weighted by Crippen LogP contribution is 2.24. The van der Waals surface area contributed by atoms with E-state index in [1.165, 1.54) is 16.2 Å². The first-order valence-electron chi connectivity index (χ1n) is 19.8. The van der Waals surface area contributed by atoms with E-state index in [0.29, 0.717) is 32.8 Å². The number of methoxy groups -OCH3 is 1. The average molecular weight is 924 g/mol. The number of nitrogens with zero attached hydrogens (tertiary/aromatic N) is 2. The summed E-state index contributed by atoms with van der Waals surface area (Å²) in [6, 6.07) is 26.5. The summed E-state index contributed by atoms with van der Waals surface area (Å²) in [4.78, 5) is 74.6. The molecule has 0 saturated carbocycles. The van der Waals surface area contributed by atoms with Crippen molar-refractivity contribution in [3.8, 4) is 22.3 Å². The van der Waals surface area contributed by atoms with Gasteiger partial charge in [0.25, 0.3) is 22.9 Å². The van der Waals surface area contributed by atoms with Gasteiger partial charge in [-0.1, -0.05) is 111 Å². The number of carbonyl (C=O) groups excluding carboxylic acids is 3. The van der Waals surface area contributed by atoms with Gasteiger partial charge < -0.3 is 29.6 Å². The number of pyridine rings is 2. The number of nitrogens with one attached hydrogen (secondary N) is 2. The van der Waals surface area contributed by atoms with Crippen molar-refractivity contribution < 1.29 is 29.0 Å². The van der Waals surface area contributed by atoms with Gasteiger partial charge in [0, 0.05) is 39.3 Å². The highest BCUT2D eigenvalue weighted by Gasteiger charge is 2.26. The fourth-order valence-electron chi connectivity index (χ4n) is 7.06. The smallest absolute Gasteiger partial charge is 0.328 e. The Morgan fingerprint density at radius 2 is 0.954 bits per heavy atom. The molecule has 0 aliphatic heterocycles. The fraction of sp³-hybridized carbons (Fsp3) is 0.255. The quantitative estimate of drug-likeness (QED) is 0.102. The number of halogens is 2. The van der Waals surface area contributed by atoms with Gasteiger partial charge in [-0.3, -0.25) is 19.2 Å². The van der Waals surface area contributed by atoms with Crippen LogP contribution in [0.2, 0.25) is 10.0 Å². The molecule has 0 aliphatic rings. The molecule has 2 aromatic heterocycles. The average Bonchev–Trinajstić information content (AvgIpc) is 3.24. The van der Waals surface area contributed by atoms with Gasteiger partial charge in [-0.25, -0.2) is 9.59 Å². The molecule has 2 unspecified atom stereocenters. The van der Waals surface area contributed by atoms with Gasteiger partial charge in [-0.05, 0) is 96.5 Å². The standard InChI is InChI=1S/C25H25ClN2O4.C24H23ClN2O4.2CH4/c1-15-6-5-7-19(26)22(15)23(29)27-20(25(31)32-4)14-17-8-10-18(11-9-17)21-16(2)12-13-28(3)24(21)30;1-14-5-4-6-18(25)21(14)22(28)26-19(24(30)31)13-16-7-9-17(10-8-16)20-15(2)11-12-27(3)23(20)29;;/h5-13,20H,14H2,1-4H3,(H,27,29);4-12,19H,13H2,1-3H3,(H,26,28)(H,30,31);2*1H4. The highest BCUT2D eigenvalue weighted by atomic mass is 35.5. The number of benzene rings is 4. The van der Waals surface area contributed by atoms with Crippen LogP contribution < -0.4 is 21.8 Å². The lowest BCUT2D eigenvalue weighted by atomic mass is 9.98. The number of rotatable bonds is 12. The molecule has 0 fully saturated rings. The number of hydrogen-bond acceptors (Lipinski definition) is 7. The van der Waals surface area contributed by atoms with Crippen molar-refractivity contribution in [2.45, 2.75) is 67.5 Å². The lowest BCUT2D eigenvalue weighted by Gasteiger charge is -2.18. The van der Waals surface area contributed by atoms with Crippen molar-refractivity contribution in [3.05, 3.63) is 185 Å². The number of carbonyl (C=O) groups is 4. The van der Waals surface area contributed by atoms with E-state index in [4.69, 9.17) is 27.9 Å². The minimum atomic E-state index is -1.14. The molecule has 4 aromatic carbocycles. The molecule has 0 bridgehead atoms. The number of aryl methyl sites for hydroxylation is 6. The molecule has 0 aliphatic carbocycles. The maximum Gasteiger partial charge on any atom is 0.328 e. The van der Waals surface area contributed by atoms with Crippen LogP contribution in [0.4, 0.5) is 0 Å². The Kier molecular flexibility index (Phi) is 18.8. The summed E-state index contributed by atoms with van der Waals surface area (Å²) >= 11 is 12.3. The summed E-state index contributed by atoms with van der Waals surface area (Å²) in [5.41, 5.74) is 7.85. The lowest BCUT2D eigenvalue weighted by molar-refractivity contribution is -0.143. The summed E-state index contributed by atoms with van der Waals surface area (Å²) in [5, 5.41) is 15.5. The minimum Gasteiger partial charge on any atom is -0.480 e. The van der Waals surface area contributed by atoms with Crippen LogP contribution >= 0.6 is 23.2 Å². The van der Waals surface area contributed by atoms with E-state index in [2.05, 4.69) is 10.6 Å². The zero-order valence-corrected chi connectivity index (χ0v) is 37.4. The molecular formula is C51H56Cl2N4O8. The van der Waals surface area contributed by atoms with Crippen molar-refractivity contribution >= 4 is 47.0 Å². The maximum absolute atomic E-state index is 12.8. The molecule has 14 heteroatoms. The van der Waals surface area contributed by atoms with E-state index in [1.54, 1.807) is 101 Å². The molecule has 65 heavy (non-hydrogen) atoms. The zero-order valence-electron chi connectivity index (χ0n) is 35.9. The van der Waals surface area contributed by atoms with E-state index in [-0.39, 0.29) is 49.4 Å². The van der Waals surface area contributed by atoms with Gasteiger partial charge in [0.1, 0.15) is 12.1 Å². The number of carboxylic acids is 1. The second-order valence-corrected chi connectivity index (χ2v) is 16.0. The zero-order chi connectivity index (χ0) is 46.1. The van der Waals surface area contributed by atoms with Gasteiger partial charge >= 0.3 is 11.9 Å². The first-order chi connectivity index (χ1) is 29.9. The van der Waals surface area contributed by atoms with E-state index in [1.807, 2.05) is 50.2 Å². The van der Waals surface area contributed by atoms with Crippen molar-refractivity contribution in [2.75, 3.05) is 7.11 Å². The number of esters is 1. The Morgan fingerprint density at radius 1 is 0.585 bits per heavy atom. The fourth-order valence-corrected chi connectivity index (χ4v) is 7.68. The molecule has 2 atom stereocenters. The third kappa shape index (κ3) is 12.7. The van der Waals surface area contributed by atoms with Crippen molar-refractivity contribution in [2.24, 2.45) is 14.1 Å². The van der Waals surface area contributed by atoms with Crippen molar-refractivity contribution in [1.82, 2.24) is 19.8 Å². The summed E-state index contributed by atoms with van der Waals surface area (Å²) in [5.74, 6) is -2.67. The largest absolute Gasteiger partial charge is 0.480 e. The molecule has 12 nitrogen and oxygen atoms in total. The Morgan fingerprint density at radius 3 is 1.31 bits per heavy atom. The third-order valence-electron chi connectivity index (χ3n) is 10.6. The van der Waals surface area contributed by atoms with Crippen molar-refractivity contribution in [3.63, 3.8) is 0 Å². The molecule has 342 valence electrons. The first kappa shape index (κ1) is 52.6. The molecule has 0 radical (unpaired) electrons. The number of aromatic nitrogens is 2. The predicted molar refractivity (Wildman–Crippen MR) is 259 cm³/mol. The topological polar surface area (TPSA) is 166 Å². The van der Waals surface area contributed by atoms with Crippen LogP contribution in [0.1, 0.15) is 68.9 Å². The van der Waals surface area contributed by atoms with Gasteiger partial charge in [0.05, 0.1) is 39.4 Å². The number of ether oxygens (including phenoxy) is 1. The Hall–Kier alpha value is -6.76. The molecular weight excluding hydrogens is 867 g/mol. The van der Waals surface area contributed by atoms with Crippen molar-refractivity contribution in [1.29, 1.82) is 0 Å². The van der Waals surface area contributed by atoms with E-state index >= 15 is 0 Å². The van der Waals surface area contributed by atoms with Crippen LogP contribution in [-0.4, -0.2) is 57.2 Å². The van der Waals surface area contributed by atoms with Gasteiger partial charge in [0.15, 0.2) is 0 Å². The van der Waals surface area contributed by atoms with Gasteiger partial charge in [0.2, 0.25) is 0 Å². The van der Waals surface area contributed by atoms with Crippen LogP contribution in [0.5, 0.6) is 0 Å².